The molecule has 1 aromatic heterocycles. The van der Waals surface area contributed by atoms with Gasteiger partial charge in [-0.2, -0.15) is 0 Å². The minimum absolute atomic E-state index is 0.00766. The predicted molar refractivity (Wildman–Crippen MR) is 138 cm³/mol. The molecule has 0 bridgehead atoms. The number of sulfone groups is 1. The molecule has 4 rings (SSSR count). The van der Waals surface area contributed by atoms with Crippen molar-refractivity contribution in [2.45, 2.75) is 37.2 Å². The molecule has 35 heavy (non-hydrogen) atoms. The first-order valence-corrected chi connectivity index (χ1v) is 14.1. The molecule has 0 fully saturated rings. The lowest BCUT2D eigenvalue weighted by Gasteiger charge is -2.27. The summed E-state index contributed by atoms with van der Waals surface area (Å²) in [4.78, 5) is 28.3. The Kier molecular flexibility index (Phi) is 7.91. The highest BCUT2D eigenvalue weighted by Crippen LogP contribution is 2.37. The van der Waals surface area contributed by atoms with Crippen molar-refractivity contribution in [2.75, 3.05) is 17.6 Å². The molecule has 10 heteroatoms. The van der Waals surface area contributed by atoms with E-state index in [9.17, 15) is 18.0 Å². The van der Waals surface area contributed by atoms with Gasteiger partial charge in [0.15, 0.2) is 9.84 Å². The summed E-state index contributed by atoms with van der Waals surface area (Å²) in [5.41, 5.74) is 8.14. The molecule has 0 unspecified atom stereocenters. The van der Waals surface area contributed by atoms with E-state index in [4.69, 9.17) is 17.3 Å². The van der Waals surface area contributed by atoms with Gasteiger partial charge in [-0.05, 0) is 48.2 Å². The summed E-state index contributed by atoms with van der Waals surface area (Å²) in [6.07, 6.45) is 0.832. The first-order chi connectivity index (χ1) is 16.7. The molecular weight excluding hydrogens is 506 g/mol. The van der Waals surface area contributed by atoms with E-state index >= 15 is 0 Å². The van der Waals surface area contributed by atoms with E-state index in [0.717, 1.165) is 23.5 Å². The van der Waals surface area contributed by atoms with Crippen LogP contribution in [0, 0.1) is 0 Å². The van der Waals surface area contributed by atoms with Crippen molar-refractivity contribution in [3.63, 3.8) is 0 Å². The van der Waals surface area contributed by atoms with Crippen LogP contribution in [0.3, 0.4) is 0 Å². The number of hydrogen-bond donors (Lipinski definition) is 2. The van der Waals surface area contributed by atoms with Crippen LogP contribution in [0.25, 0.3) is 0 Å². The molecule has 3 N–H and O–H groups in total. The summed E-state index contributed by atoms with van der Waals surface area (Å²) >= 11 is 7.18. The maximum atomic E-state index is 12.6. The number of carbonyl (C=O) groups is 2. The molecule has 0 aliphatic carbocycles. The van der Waals surface area contributed by atoms with Crippen molar-refractivity contribution in [3.05, 3.63) is 81.2 Å². The van der Waals surface area contributed by atoms with Crippen LogP contribution < -0.4 is 11.1 Å². The van der Waals surface area contributed by atoms with Crippen molar-refractivity contribution >= 4 is 49.6 Å². The van der Waals surface area contributed by atoms with Crippen molar-refractivity contribution in [1.29, 1.82) is 0 Å². The fourth-order valence-corrected chi connectivity index (χ4v) is 6.90. The van der Waals surface area contributed by atoms with E-state index in [0.29, 0.717) is 28.6 Å². The predicted octanol–water partition coefficient (Wildman–Crippen LogP) is 4.25. The fraction of sp³-hybridized carbons (Fsp3) is 0.280. The number of nitrogens with two attached hydrogens (primary N) is 1. The van der Waals surface area contributed by atoms with Gasteiger partial charge in [-0.1, -0.05) is 41.9 Å². The minimum atomic E-state index is -3.52. The van der Waals surface area contributed by atoms with Gasteiger partial charge in [0, 0.05) is 36.0 Å². The number of nitrogens with zero attached hydrogens (tertiary/aromatic N) is 1. The molecule has 2 amide bonds. The van der Waals surface area contributed by atoms with Crippen LogP contribution in [-0.2, 0) is 34.1 Å². The van der Waals surface area contributed by atoms with Crippen LogP contribution in [0.5, 0.6) is 0 Å². The number of benzene rings is 2. The smallest absolute Gasteiger partial charge is 0.251 e. The number of halogens is 1. The standard InChI is InChI=1S/C25H26ClN3O4S2/c26-18-8-10-19(11-9-18)35(32,33)14-4-7-22(30)28-25-23(24(27)31)20-12-13-29(16-21(20)34-25)15-17-5-2-1-3-6-17/h1-3,5-6,8-11H,4,7,12-16H2,(H2,27,31)(H,28,30). The van der Waals surface area contributed by atoms with Crippen LogP contribution in [0.15, 0.2) is 59.5 Å². The van der Waals surface area contributed by atoms with Crippen LogP contribution in [0.2, 0.25) is 5.02 Å². The molecule has 2 heterocycles. The van der Waals surface area contributed by atoms with Crippen molar-refractivity contribution in [2.24, 2.45) is 5.73 Å². The zero-order chi connectivity index (χ0) is 25.0. The highest BCUT2D eigenvalue weighted by Gasteiger charge is 2.28. The number of amides is 2. The van der Waals surface area contributed by atoms with Crippen LogP contribution in [-0.4, -0.2) is 37.4 Å². The monoisotopic (exact) mass is 531 g/mol. The molecule has 2 aromatic carbocycles. The second kappa shape index (κ2) is 10.9. The van der Waals surface area contributed by atoms with Gasteiger partial charge in [0.2, 0.25) is 5.91 Å². The van der Waals surface area contributed by atoms with E-state index in [2.05, 4.69) is 22.3 Å². The third kappa shape index (κ3) is 6.29. The number of rotatable bonds is 9. The number of primary amides is 1. The van der Waals surface area contributed by atoms with Gasteiger partial charge in [-0.15, -0.1) is 11.3 Å². The first-order valence-electron chi connectivity index (χ1n) is 11.2. The van der Waals surface area contributed by atoms with E-state index in [-0.39, 0.29) is 29.4 Å². The van der Waals surface area contributed by atoms with Gasteiger partial charge in [0.1, 0.15) is 5.00 Å². The Morgan fingerprint density at radius 1 is 1.09 bits per heavy atom. The summed E-state index contributed by atoms with van der Waals surface area (Å²) in [7, 11) is -3.52. The van der Waals surface area contributed by atoms with Crippen molar-refractivity contribution < 1.29 is 18.0 Å². The zero-order valence-corrected chi connectivity index (χ0v) is 21.4. The third-order valence-corrected chi connectivity index (χ3v) is 9.07. The number of fused-ring (bicyclic) bond motifs is 1. The Balaban J connectivity index is 1.38. The van der Waals surface area contributed by atoms with Gasteiger partial charge >= 0.3 is 0 Å². The van der Waals surface area contributed by atoms with Crippen molar-refractivity contribution in [3.8, 4) is 0 Å². The number of hydrogen-bond acceptors (Lipinski definition) is 6. The Bertz CT molecular complexity index is 1320. The molecule has 0 saturated carbocycles. The van der Waals surface area contributed by atoms with E-state index < -0.39 is 15.7 Å². The molecule has 0 saturated heterocycles. The molecule has 0 spiro atoms. The average Bonchev–Trinajstić information content (AvgIpc) is 3.17. The third-order valence-electron chi connectivity index (χ3n) is 5.87. The Labute approximate surface area is 213 Å². The quantitative estimate of drug-likeness (QED) is 0.429. The van der Waals surface area contributed by atoms with Gasteiger partial charge in [0.25, 0.3) is 5.91 Å². The largest absolute Gasteiger partial charge is 0.365 e. The Morgan fingerprint density at radius 3 is 2.49 bits per heavy atom. The molecule has 3 aromatic rings. The number of nitrogens with one attached hydrogen (secondary N) is 1. The number of carbonyl (C=O) groups excluding carboxylic acids is 2. The van der Waals surface area contributed by atoms with Crippen molar-refractivity contribution in [1.82, 2.24) is 4.90 Å². The fourth-order valence-electron chi connectivity index (χ4n) is 4.15. The normalized spacial score (nSPS) is 13.9. The zero-order valence-electron chi connectivity index (χ0n) is 19.0. The highest BCUT2D eigenvalue weighted by molar-refractivity contribution is 7.91. The summed E-state index contributed by atoms with van der Waals surface area (Å²) in [5.74, 6) is -1.08. The second-order valence-electron chi connectivity index (χ2n) is 8.44. The lowest BCUT2D eigenvalue weighted by Crippen LogP contribution is -2.30. The SMILES string of the molecule is NC(=O)c1c(NC(=O)CCCS(=O)(=O)c2ccc(Cl)cc2)sc2c1CCN(Cc1ccccc1)C2. The average molecular weight is 532 g/mol. The van der Waals surface area contributed by atoms with E-state index in [1.54, 1.807) is 0 Å². The van der Waals surface area contributed by atoms with Gasteiger partial charge < -0.3 is 11.1 Å². The van der Waals surface area contributed by atoms with E-state index in [1.807, 2.05) is 18.2 Å². The van der Waals surface area contributed by atoms with E-state index in [1.165, 1.54) is 41.2 Å². The van der Waals surface area contributed by atoms with Crippen LogP contribution in [0.1, 0.15) is 39.2 Å². The number of anilines is 1. The Hall–Kier alpha value is -2.72. The maximum absolute atomic E-state index is 12.6. The molecule has 0 radical (unpaired) electrons. The molecular formula is C25H26ClN3O4S2. The lowest BCUT2D eigenvalue weighted by molar-refractivity contribution is -0.116. The molecule has 1 aliphatic rings. The summed E-state index contributed by atoms with van der Waals surface area (Å²) in [6, 6.07) is 16.1. The van der Waals surface area contributed by atoms with Crippen LogP contribution in [0.4, 0.5) is 5.00 Å². The maximum Gasteiger partial charge on any atom is 0.251 e. The first kappa shape index (κ1) is 25.4. The van der Waals surface area contributed by atoms with Crippen LogP contribution >= 0.6 is 22.9 Å². The molecule has 184 valence electrons. The van der Waals surface area contributed by atoms with Gasteiger partial charge in [-0.3, -0.25) is 14.5 Å². The topological polar surface area (TPSA) is 110 Å². The molecule has 1 aliphatic heterocycles. The summed E-state index contributed by atoms with van der Waals surface area (Å²) in [5, 5.41) is 3.69. The highest BCUT2D eigenvalue weighted by atomic mass is 35.5. The summed E-state index contributed by atoms with van der Waals surface area (Å²) < 4.78 is 25.0. The van der Waals surface area contributed by atoms with Gasteiger partial charge in [-0.25, -0.2) is 8.42 Å². The minimum Gasteiger partial charge on any atom is -0.365 e. The lowest BCUT2D eigenvalue weighted by atomic mass is 10.0. The van der Waals surface area contributed by atoms with Gasteiger partial charge in [0.05, 0.1) is 16.2 Å². The number of thiophene rings is 1. The molecule has 0 atom stereocenters. The summed E-state index contributed by atoms with van der Waals surface area (Å²) in [6.45, 7) is 2.26. The Morgan fingerprint density at radius 2 is 1.80 bits per heavy atom. The molecule has 7 nitrogen and oxygen atoms in total. The second-order valence-corrected chi connectivity index (χ2v) is 12.1.